The van der Waals surface area contributed by atoms with E-state index in [1.807, 2.05) is 0 Å². The molecule has 0 rings (SSSR count). The van der Waals surface area contributed by atoms with Crippen molar-refractivity contribution in [2.75, 3.05) is 0 Å². The van der Waals surface area contributed by atoms with Crippen LogP contribution in [0, 0.1) is 11.3 Å². The molecule has 0 amide bonds. The molecule has 0 aliphatic rings. The van der Waals surface area contributed by atoms with Crippen LogP contribution >= 0.6 is 0 Å². The predicted molar refractivity (Wildman–Crippen MR) is 50.1 cm³/mol. The van der Waals surface area contributed by atoms with Gasteiger partial charge >= 0.3 is 5.97 Å². The molecule has 0 radical (unpaired) electrons. The van der Waals surface area contributed by atoms with Gasteiger partial charge in [0.1, 0.15) is 0 Å². The van der Waals surface area contributed by atoms with Gasteiger partial charge in [0.15, 0.2) is 0 Å². The van der Waals surface area contributed by atoms with Crippen molar-refractivity contribution in [1.29, 1.82) is 0 Å². The van der Waals surface area contributed by atoms with Crippen LogP contribution in [0.3, 0.4) is 0 Å². The largest absolute Gasteiger partial charge is 0.481 e. The number of hydrogen-bond acceptors (Lipinski definition) is 1. The summed E-state index contributed by atoms with van der Waals surface area (Å²) in [5, 5.41) is 8.67. The highest BCUT2D eigenvalue weighted by Crippen LogP contribution is 2.32. The Labute approximate surface area is 75.0 Å². The highest BCUT2D eigenvalue weighted by atomic mass is 16.4. The van der Waals surface area contributed by atoms with E-state index < -0.39 is 5.97 Å². The van der Waals surface area contributed by atoms with Gasteiger partial charge in [-0.3, -0.25) is 4.79 Å². The number of hydrogen-bond donors (Lipinski definition) is 1. The molecule has 0 fully saturated rings. The predicted octanol–water partition coefficient (Wildman–Crippen LogP) is 2.92. The lowest BCUT2D eigenvalue weighted by Gasteiger charge is -2.29. The maximum atomic E-state index is 10.5. The van der Waals surface area contributed by atoms with Crippen molar-refractivity contribution >= 4 is 5.97 Å². The normalized spacial score (nSPS) is 14.3. The van der Waals surface area contributed by atoms with Crippen LogP contribution in [-0.2, 0) is 4.79 Å². The zero-order valence-corrected chi connectivity index (χ0v) is 8.55. The molecule has 0 unspecified atom stereocenters. The molecule has 2 nitrogen and oxygen atoms in total. The lowest BCUT2D eigenvalue weighted by atomic mass is 9.76. The molecule has 2 heteroatoms. The molecule has 1 N–H and O–H groups in total. The molecule has 12 heavy (non-hydrogen) atoms. The topological polar surface area (TPSA) is 37.3 Å². The Bertz CT molecular complexity index is 144. The first kappa shape index (κ1) is 11.5. The summed E-state index contributed by atoms with van der Waals surface area (Å²) in [5.74, 6) is -0.372. The second kappa shape index (κ2) is 4.48. The fourth-order valence-corrected chi connectivity index (χ4v) is 1.40. The first-order chi connectivity index (χ1) is 5.38. The summed E-state index contributed by atoms with van der Waals surface area (Å²) < 4.78 is 0. The minimum absolute atomic E-state index is 0.119. The average molecular weight is 172 g/mol. The zero-order valence-electron chi connectivity index (χ0n) is 8.55. The Morgan fingerprint density at radius 2 is 1.92 bits per heavy atom. The molecule has 0 heterocycles. The van der Waals surface area contributed by atoms with E-state index in [1.54, 1.807) is 0 Å². The van der Waals surface area contributed by atoms with Crippen molar-refractivity contribution in [1.82, 2.24) is 0 Å². The molecule has 72 valence electrons. The second-order valence-electron chi connectivity index (χ2n) is 4.45. The maximum absolute atomic E-state index is 10.5. The minimum Gasteiger partial charge on any atom is -0.481 e. The van der Waals surface area contributed by atoms with Crippen LogP contribution in [0.1, 0.15) is 47.0 Å². The van der Waals surface area contributed by atoms with E-state index in [2.05, 4.69) is 27.7 Å². The fourth-order valence-electron chi connectivity index (χ4n) is 1.40. The van der Waals surface area contributed by atoms with Crippen LogP contribution in [0.2, 0.25) is 0 Å². The van der Waals surface area contributed by atoms with Crippen LogP contribution in [0.5, 0.6) is 0 Å². The van der Waals surface area contributed by atoms with Crippen LogP contribution in [0.25, 0.3) is 0 Å². The number of aliphatic carboxylic acids is 1. The molecule has 0 aliphatic carbocycles. The van der Waals surface area contributed by atoms with Gasteiger partial charge in [-0.1, -0.05) is 34.1 Å². The second-order valence-corrected chi connectivity index (χ2v) is 4.45. The van der Waals surface area contributed by atoms with Crippen molar-refractivity contribution < 1.29 is 9.90 Å². The van der Waals surface area contributed by atoms with Crippen molar-refractivity contribution in [3.05, 3.63) is 0 Å². The first-order valence-corrected chi connectivity index (χ1v) is 4.59. The van der Waals surface area contributed by atoms with E-state index >= 15 is 0 Å². The number of rotatable bonds is 4. The molecular weight excluding hydrogens is 152 g/mol. The Hall–Kier alpha value is -0.530. The molecule has 0 aromatic carbocycles. The smallest absolute Gasteiger partial charge is 0.303 e. The van der Waals surface area contributed by atoms with E-state index in [0.717, 1.165) is 12.8 Å². The van der Waals surface area contributed by atoms with Gasteiger partial charge in [-0.05, 0) is 17.8 Å². The van der Waals surface area contributed by atoms with Gasteiger partial charge < -0.3 is 5.11 Å². The fraction of sp³-hybridized carbons (Fsp3) is 0.900. The van der Waals surface area contributed by atoms with Crippen LogP contribution in [0.15, 0.2) is 0 Å². The molecule has 0 aromatic rings. The van der Waals surface area contributed by atoms with Gasteiger partial charge in [-0.15, -0.1) is 0 Å². The molecule has 0 saturated carbocycles. The third-order valence-electron chi connectivity index (χ3n) is 2.28. The molecule has 0 aromatic heterocycles. The van der Waals surface area contributed by atoms with Crippen molar-refractivity contribution in [2.24, 2.45) is 11.3 Å². The summed E-state index contributed by atoms with van der Waals surface area (Å²) in [6.45, 7) is 8.42. The van der Waals surface area contributed by atoms with E-state index in [9.17, 15) is 4.79 Å². The SMILES string of the molecule is CCC[C@@H](CC(=O)O)C(C)(C)C. The molecule has 0 aliphatic heterocycles. The monoisotopic (exact) mass is 172 g/mol. The molecule has 1 atom stereocenters. The highest BCUT2D eigenvalue weighted by Gasteiger charge is 2.25. The van der Waals surface area contributed by atoms with Crippen molar-refractivity contribution in [2.45, 2.75) is 47.0 Å². The van der Waals surface area contributed by atoms with Crippen molar-refractivity contribution in [3.63, 3.8) is 0 Å². The summed E-state index contributed by atoms with van der Waals surface area (Å²) in [7, 11) is 0. The lowest BCUT2D eigenvalue weighted by Crippen LogP contribution is -2.23. The van der Waals surface area contributed by atoms with E-state index in [0.29, 0.717) is 12.3 Å². The quantitative estimate of drug-likeness (QED) is 0.708. The van der Waals surface area contributed by atoms with Gasteiger partial charge in [-0.25, -0.2) is 0 Å². The Balaban J connectivity index is 4.13. The van der Waals surface area contributed by atoms with Gasteiger partial charge in [0.05, 0.1) is 0 Å². The molecule has 0 spiro atoms. The number of carbonyl (C=O) groups is 1. The minimum atomic E-state index is -0.677. The molecular formula is C10H20O2. The lowest BCUT2D eigenvalue weighted by molar-refractivity contribution is -0.139. The molecule has 0 saturated heterocycles. The van der Waals surface area contributed by atoms with Crippen LogP contribution in [0.4, 0.5) is 0 Å². The van der Waals surface area contributed by atoms with Crippen molar-refractivity contribution in [3.8, 4) is 0 Å². The third-order valence-corrected chi connectivity index (χ3v) is 2.28. The Morgan fingerprint density at radius 1 is 1.42 bits per heavy atom. The summed E-state index contributed by atoms with van der Waals surface area (Å²) in [5.41, 5.74) is 0.119. The summed E-state index contributed by atoms with van der Waals surface area (Å²) in [6.07, 6.45) is 2.38. The highest BCUT2D eigenvalue weighted by molar-refractivity contribution is 5.67. The maximum Gasteiger partial charge on any atom is 0.303 e. The van der Waals surface area contributed by atoms with Crippen LogP contribution in [-0.4, -0.2) is 11.1 Å². The number of carboxylic acids is 1. The van der Waals surface area contributed by atoms with E-state index in [4.69, 9.17) is 5.11 Å². The summed E-state index contributed by atoms with van der Waals surface area (Å²) in [6, 6.07) is 0. The first-order valence-electron chi connectivity index (χ1n) is 4.59. The zero-order chi connectivity index (χ0) is 9.78. The van der Waals surface area contributed by atoms with E-state index in [-0.39, 0.29) is 5.41 Å². The Kier molecular flexibility index (Phi) is 4.29. The average Bonchev–Trinajstić information content (AvgIpc) is 1.83. The van der Waals surface area contributed by atoms with Gasteiger partial charge in [0, 0.05) is 6.42 Å². The van der Waals surface area contributed by atoms with Gasteiger partial charge in [-0.2, -0.15) is 0 Å². The summed E-state index contributed by atoms with van der Waals surface area (Å²) >= 11 is 0. The summed E-state index contributed by atoms with van der Waals surface area (Å²) in [4.78, 5) is 10.5. The van der Waals surface area contributed by atoms with E-state index in [1.165, 1.54) is 0 Å². The standard InChI is InChI=1S/C10H20O2/c1-5-6-8(7-9(11)12)10(2,3)4/h8H,5-7H2,1-4H3,(H,11,12)/t8-/m0/s1. The van der Waals surface area contributed by atoms with Crippen LogP contribution < -0.4 is 0 Å². The number of carboxylic acid groups (broad SMARTS) is 1. The van der Waals surface area contributed by atoms with Gasteiger partial charge in [0.2, 0.25) is 0 Å². The Morgan fingerprint density at radius 3 is 2.17 bits per heavy atom. The van der Waals surface area contributed by atoms with Gasteiger partial charge in [0.25, 0.3) is 0 Å². The third kappa shape index (κ3) is 4.37. The molecule has 0 bridgehead atoms.